The van der Waals surface area contributed by atoms with Gasteiger partial charge in [0.1, 0.15) is 5.82 Å². The van der Waals surface area contributed by atoms with Crippen LogP contribution in [0.3, 0.4) is 0 Å². The quantitative estimate of drug-likeness (QED) is 0.762. The van der Waals surface area contributed by atoms with Crippen molar-refractivity contribution in [1.29, 1.82) is 0 Å². The second-order valence-corrected chi connectivity index (χ2v) is 3.36. The Bertz CT molecular complexity index is 403. The number of nitrogens with zero attached hydrogens (tertiary/aromatic N) is 2. The Hall–Kier alpha value is -1.46. The maximum atomic E-state index is 5.54. The molecule has 0 aliphatic carbocycles. The van der Waals surface area contributed by atoms with Gasteiger partial charge in [0.15, 0.2) is 5.65 Å². The van der Waals surface area contributed by atoms with Crippen LogP contribution in [-0.2, 0) is 11.2 Å². The van der Waals surface area contributed by atoms with Crippen LogP contribution in [0.25, 0.3) is 11.2 Å². The summed E-state index contributed by atoms with van der Waals surface area (Å²) in [6.07, 6.45) is 2.41. The molecule has 2 aromatic rings. The number of nitrogens with one attached hydrogen (secondary N) is 1. The van der Waals surface area contributed by atoms with Gasteiger partial charge < -0.3 is 15.5 Å². The zero-order valence-electron chi connectivity index (χ0n) is 8.60. The van der Waals surface area contributed by atoms with E-state index in [1.807, 2.05) is 12.1 Å². The van der Waals surface area contributed by atoms with Gasteiger partial charge in [0, 0.05) is 26.3 Å². The molecular formula is C10H14N4O. The van der Waals surface area contributed by atoms with Gasteiger partial charge in [-0.05, 0) is 12.1 Å². The van der Waals surface area contributed by atoms with E-state index in [-0.39, 0.29) is 6.10 Å². The van der Waals surface area contributed by atoms with Crippen molar-refractivity contribution in [2.45, 2.75) is 12.5 Å². The number of ether oxygens (including phenoxy) is 1. The Kier molecular flexibility index (Phi) is 2.94. The molecule has 2 rings (SSSR count). The number of imidazole rings is 1. The van der Waals surface area contributed by atoms with E-state index < -0.39 is 0 Å². The SMILES string of the molecule is COC(CN)Cc1nc2ncccc2[nH]1. The lowest BCUT2D eigenvalue weighted by atomic mass is 10.2. The van der Waals surface area contributed by atoms with Crippen molar-refractivity contribution in [3.05, 3.63) is 24.2 Å². The van der Waals surface area contributed by atoms with E-state index in [0.29, 0.717) is 13.0 Å². The lowest BCUT2D eigenvalue weighted by molar-refractivity contribution is 0.108. The molecule has 0 saturated carbocycles. The maximum Gasteiger partial charge on any atom is 0.177 e. The van der Waals surface area contributed by atoms with E-state index >= 15 is 0 Å². The number of H-pyrrole nitrogens is 1. The smallest absolute Gasteiger partial charge is 0.177 e. The molecule has 2 aromatic heterocycles. The minimum absolute atomic E-state index is 0.00515. The van der Waals surface area contributed by atoms with Crippen molar-refractivity contribution in [2.75, 3.05) is 13.7 Å². The Morgan fingerprint density at radius 3 is 3.13 bits per heavy atom. The predicted molar refractivity (Wildman–Crippen MR) is 57.4 cm³/mol. The molecule has 0 radical (unpaired) electrons. The second-order valence-electron chi connectivity index (χ2n) is 3.36. The molecule has 0 aromatic carbocycles. The molecule has 1 unspecified atom stereocenters. The highest BCUT2D eigenvalue weighted by Gasteiger charge is 2.09. The first-order chi connectivity index (χ1) is 7.33. The van der Waals surface area contributed by atoms with E-state index in [1.165, 1.54) is 0 Å². The van der Waals surface area contributed by atoms with Crippen LogP contribution in [-0.4, -0.2) is 34.7 Å². The highest BCUT2D eigenvalue weighted by molar-refractivity contribution is 5.69. The first kappa shape index (κ1) is 10.1. The third kappa shape index (κ3) is 2.14. The van der Waals surface area contributed by atoms with Crippen molar-refractivity contribution in [3.63, 3.8) is 0 Å². The first-order valence-electron chi connectivity index (χ1n) is 4.86. The van der Waals surface area contributed by atoms with Gasteiger partial charge in [-0.2, -0.15) is 0 Å². The molecule has 5 nitrogen and oxygen atoms in total. The van der Waals surface area contributed by atoms with Crippen LogP contribution in [0, 0.1) is 0 Å². The molecule has 15 heavy (non-hydrogen) atoms. The monoisotopic (exact) mass is 206 g/mol. The van der Waals surface area contributed by atoms with E-state index in [1.54, 1.807) is 13.3 Å². The highest BCUT2D eigenvalue weighted by atomic mass is 16.5. The Balaban J connectivity index is 2.21. The summed E-state index contributed by atoms with van der Waals surface area (Å²) in [7, 11) is 1.65. The molecule has 3 N–H and O–H groups in total. The van der Waals surface area contributed by atoms with Gasteiger partial charge in [-0.15, -0.1) is 0 Å². The van der Waals surface area contributed by atoms with Crippen molar-refractivity contribution in [3.8, 4) is 0 Å². The lowest BCUT2D eigenvalue weighted by Crippen LogP contribution is -2.25. The number of aromatic nitrogens is 3. The van der Waals surface area contributed by atoms with Gasteiger partial charge >= 0.3 is 0 Å². The average Bonchev–Trinajstić information content (AvgIpc) is 2.68. The molecule has 2 heterocycles. The standard InChI is InChI=1S/C10H14N4O/c1-15-7(6-11)5-9-13-8-3-2-4-12-10(8)14-9/h2-4,7H,5-6,11H2,1H3,(H,12,13,14). The number of methoxy groups -OCH3 is 1. The summed E-state index contributed by atoms with van der Waals surface area (Å²) in [4.78, 5) is 11.7. The molecule has 80 valence electrons. The van der Waals surface area contributed by atoms with E-state index in [9.17, 15) is 0 Å². The van der Waals surface area contributed by atoms with Gasteiger partial charge in [-0.3, -0.25) is 0 Å². The largest absolute Gasteiger partial charge is 0.380 e. The molecule has 0 saturated heterocycles. The number of hydrogen-bond donors (Lipinski definition) is 2. The number of pyridine rings is 1. The third-order valence-electron chi connectivity index (χ3n) is 2.32. The zero-order valence-corrected chi connectivity index (χ0v) is 8.60. The summed E-state index contributed by atoms with van der Waals surface area (Å²) in [6, 6.07) is 3.82. The molecule has 5 heteroatoms. The summed E-state index contributed by atoms with van der Waals surface area (Å²) in [6.45, 7) is 0.487. The van der Waals surface area contributed by atoms with Gasteiger partial charge in [-0.25, -0.2) is 9.97 Å². The Morgan fingerprint density at radius 1 is 1.60 bits per heavy atom. The average molecular weight is 206 g/mol. The first-order valence-corrected chi connectivity index (χ1v) is 4.86. The topological polar surface area (TPSA) is 76.8 Å². The van der Waals surface area contributed by atoms with Crippen molar-refractivity contribution in [2.24, 2.45) is 5.73 Å². The van der Waals surface area contributed by atoms with Gasteiger partial charge in [0.05, 0.1) is 11.6 Å². The lowest BCUT2D eigenvalue weighted by Gasteiger charge is -2.09. The van der Waals surface area contributed by atoms with Crippen LogP contribution >= 0.6 is 0 Å². The van der Waals surface area contributed by atoms with Gasteiger partial charge in [0.2, 0.25) is 0 Å². The number of nitrogens with two attached hydrogens (primary N) is 1. The molecule has 0 amide bonds. The normalized spacial score (nSPS) is 13.2. The molecule has 0 aliphatic rings. The van der Waals surface area contributed by atoms with Crippen LogP contribution in [0.1, 0.15) is 5.82 Å². The fourth-order valence-corrected chi connectivity index (χ4v) is 1.47. The molecular weight excluding hydrogens is 192 g/mol. The minimum Gasteiger partial charge on any atom is -0.380 e. The van der Waals surface area contributed by atoms with Gasteiger partial charge in [0.25, 0.3) is 0 Å². The number of aromatic amines is 1. The molecule has 0 fully saturated rings. The third-order valence-corrected chi connectivity index (χ3v) is 2.32. The van der Waals surface area contributed by atoms with Crippen LogP contribution < -0.4 is 5.73 Å². The van der Waals surface area contributed by atoms with E-state index in [2.05, 4.69) is 15.0 Å². The van der Waals surface area contributed by atoms with Crippen LogP contribution in [0.5, 0.6) is 0 Å². The number of hydrogen-bond acceptors (Lipinski definition) is 4. The second kappa shape index (κ2) is 4.37. The predicted octanol–water partition coefficient (Wildman–Crippen LogP) is 0.474. The fraction of sp³-hybridized carbons (Fsp3) is 0.400. The molecule has 0 spiro atoms. The fourth-order valence-electron chi connectivity index (χ4n) is 1.47. The van der Waals surface area contributed by atoms with Gasteiger partial charge in [-0.1, -0.05) is 0 Å². The van der Waals surface area contributed by atoms with Crippen LogP contribution in [0.2, 0.25) is 0 Å². The minimum atomic E-state index is 0.00515. The van der Waals surface area contributed by atoms with Crippen molar-refractivity contribution >= 4 is 11.2 Å². The van der Waals surface area contributed by atoms with Crippen LogP contribution in [0.4, 0.5) is 0 Å². The van der Waals surface area contributed by atoms with E-state index in [4.69, 9.17) is 10.5 Å². The molecule has 0 aliphatic heterocycles. The summed E-state index contributed by atoms with van der Waals surface area (Å²) in [5.74, 6) is 0.862. The van der Waals surface area contributed by atoms with E-state index in [0.717, 1.165) is 17.0 Å². The number of rotatable bonds is 4. The molecule has 1 atom stereocenters. The maximum absolute atomic E-state index is 5.54. The van der Waals surface area contributed by atoms with Crippen LogP contribution in [0.15, 0.2) is 18.3 Å². The number of fused-ring (bicyclic) bond motifs is 1. The summed E-state index contributed by atoms with van der Waals surface area (Å²) < 4.78 is 5.19. The summed E-state index contributed by atoms with van der Waals surface area (Å²) in [5, 5.41) is 0. The summed E-state index contributed by atoms with van der Waals surface area (Å²) >= 11 is 0. The molecule has 0 bridgehead atoms. The van der Waals surface area contributed by atoms with Crippen molar-refractivity contribution in [1.82, 2.24) is 15.0 Å². The zero-order chi connectivity index (χ0) is 10.7. The van der Waals surface area contributed by atoms with Crippen molar-refractivity contribution < 1.29 is 4.74 Å². The Morgan fingerprint density at radius 2 is 2.47 bits per heavy atom. The Labute approximate surface area is 87.7 Å². The summed E-state index contributed by atoms with van der Waals surface area (Å²) in [5.41, 5.74) is 7.22. The highest BCUT2D eigenvalue weighted by Crippen LogP contribution is 2.09.